The van der Waals surface area contributed by atoms with Crippen LogP contribution in [0.1, 0.15) is 22.1 Å². The summed E-state index contributed by atoms with van der Waals surface area (Å²) >= 11 is 1.63. The minimum atomic E-state index is -0.265. The summed E-state index contributed by atoms with van der Waals surface area (Å²) in [6.45, 7) is 2.50. The molecule has 1 amide bonds. The normalized spacial score (nSPS) is 18.3. The number of halogens is 1. The van der Waals surface area contributed by atoms with Gasteiger partial charge in [-0.1, -0.05) is 36.4 Å². The van der Waals surface area contributed by atoms with Gasteiger partial charge >= 0.3 is 0 Å². The quantitative estimate of drug-likeness (QED) is 0.856. The molecule has 1 unspecified atom stereocenters. The smallest absolute Gasteiger partial charge is 0.234 e. The van der Waals surface area contributed by atoms with E-state index in [0.717, 1.165) is 11.1 Å². The van der Waals surface area contributed by atoms with Gasteiger partial charge in [0.15, 0.2) is 0 Å². The molecule has 3 rings (SSSR count). The Morgan fingerprint density at radius 2 is 2.05 bits per heavy atom. The predicted octanol–water partition coefficient (Wildman–Crippen LogP) is 3.91. The molecule has 0 N–H and O–H groups in total. The Bertz CT molecular complexity index is 673. The van der Waals surface area contributed by atoms with Crippen molar-refractivity contribution in [3.05, 3.63) is 71.0 Å². The Morgan fingerprint density at radius 1 is 1.24 bits per heavy atom. The second kappa shape index (κ2) is 5.90. The maximum Gasteiger partial charge on any atom is 0.234 e. The third kappa shape index (κ3) is 2.95. The molecular formula is C17H16FNOS. The van der Waals surface area contributed by atoms with Crippen molar-refractivity contribution in [1.29, 1.82) is 0 Å². The number of carbonyl (C=O) groups excluding carboxylic acids is 1. The number of amides is 1. The van der Waals surface area contributed by atoms with Crippen molar-refractivity contribution >= 4 is 17.7 Å². The van der Waals surface area contributed by atoms with Crippen molar-refractivity contribution in [1.82, 2.24) is 4.90 Å². The van der Waals surface area contributed by atoms with Crippen LogP contribution in [-0.2, 0) is 11.3 Å². The van der Waals surface area contributed by atoms with E-state index in [1.54, 1.807) is 17.8 Å². The molecule has 1 aliphatic rings. The van der Waals surface area contributed by atoms with E-state index in [9.17, 15) is 9.18 Å². The van der Waals surface area contributed by atoms with Gasteiger partial charge in [0.2, 0.25) is 5.91 Å². The highest BCUT2D eigenvalue weighted by molar-refractivity contribution is 8.00. The highest BCUT2D eigenvalue weighted by Gasteiger charge is 2.33. The van der Waals surface area contributed by atoms with Gasteiger partial charge in [0, 0.05) is 6.54 Å². The molecule has 0 radical (unpaired) electrons. The van der Waals surface area contributed by atoms with Crippen LogP contribution in [0.25, 0.3) is 0 Å². The minimum absolute atomic E-state index is 0.0157. The van der Waals surface area contributed by atoms with Crippen LogP contribution in [0.3, 0.4) is 0 Å². The highest BCUT2D eigenvalue weighted by atomic mass is 32.2. The molecule has 1 saturated heterocycles. The Balaban J connectivity index is 1.88. The van der Waals surface area contributed by atoms with E-state index in [4.69, 9.17) is 0 Å². The Morgan fingerprint density at radius 3 is 2.81 bits per heavy atom. The zero-order valence-electron chi connectivity index (χ0n) is 11.8. The second-order valence-corrected chi connectivity index (χ2v) is 6.24. The average Bonchev–Trinajstić information content (AvgIpc) is 2.81. The summed E-state index contributed by atoms with van der Waals surface area (Å²) in [6, 6.07) is 14.6. The van der Waals surface area contributed by atoms with Crippen LogP contribution in [0, 0.1) is 12.7 Å². The molecule has 4 heteroatoms. The van der Waals surface area contributed by atoms with Gasteiger partial charge in [-0.2, -0.15) is 0 Å². The fourth-order valence-electron chi connectivity index (χ4n) is 2.58. The van der Waals surface area contributed by atoms with E-state index < -0.39 is 0 Å². The predicted molar refractivity (Wildman–Crippen MR) is 83.3 cm³/mol. The van der Waals surface area contributed by atoms with Crippen molar-refractivity contribution in [2.24, 2.45) is 0 Å². The van der Waals surface area contributed by atoms with Gasteiger partial charge in [0.05, 0.1) is 5.75 Å². The van der Waals surface area contributed by atoms with Crippen molar-refractivity contribution in [2.75, 3.05) is 5.75 Å². The van der Waals surface area contributed by atoms with Crippen molar-refractivity contribution < 1.29 is 9.18 Å². The topological polar surface area (TPSA) is 20.3 Å². The molecule has 0 spiro atoms. The summed E-state index contributed by atoms with van der Waals surface area (Å²) in [7, 11) is 0. The van der Waals surface area contributed by atoms with E-state index in [-0.39, 0.29) is 17.1 Å². The summed E-state index contributed by atoms with van der Waals surface area (Å²) in [4.78, 5) is 14.0. The molecule has 2 nitrogen and oxygen atoms in total. The van der Waals surface area contributed by atoms with E-state index in [1.165, 1.54) is 17.7 Å². The van der Waals surface area contributed by atoms with Gasteiger partial charge < -0.3 is 4.90 Å². The molecule has 1 atom stereocenters. The standard InChI is InChI=1S/C17H16FNOS/c1-12-5-2-3-8-15(12)17-19(16(20)11-21-17)10-13-6-4-7-14(18)9-13/h2-9,17H,10-11H2,1H3. The molecule has 2 aromatic carbocycles. The lowest BCUT2D eigenvalue weighted by Gasteiger charge is -2.25. The number of hydrogen-bond acceptors (Lipinski definition) is 2. The second-order valence-electron chi connectivity index (χ2n) is 5.17. The third-order valence-corrected chi connectivity index (χ3v) is 4.90. The number of benzene rings is 2. The van der Waals surface area contributed by atoms with Gasteiger partial charge in [0.1, 0.15) is 11.2 Å². The molecule has 108 valence electrons. The Kier molecular flexibility index (Phi) is 3.97. The largest absolute Gasteiger partial charge is 0.321 e. The maximum absolute atomic E-state index is 13.3. The van der Waals surface area contributed by atoms with E-state index in [2.05, 4.69) is 19.1 Å². The zero-order chi connectivity index (χ0) is 14.8. The molecule has 0 saturated carbocycles. The monoisotopic (exact) mass is 301 g/mol. The zero-order valence-corrected chi connectivity index (χ0v) is 12.6. The molecule has 0 aromatic heterocycles. The first kappa shape index (κ1) is 14.1. The van der Waals surface area contributed by atoms with Crippen molar-refractivity contribution in [2.45, 2.75) is 18.8 Å². The number of hydrogen-bond donors (Lipinski definition) is 0. The third-order valence-electron chi connectivity index (χ3n) is 3.66. The van der Waals surface area contributed by atoms with Crippen LogP contribution < -0.4 is 0 Å². The van der Waals surface area contributed by atoms with Crippen molar-refractivity contribution in [3.8, 4) is 0 Å². The van der Waals surface area contributed by atoms with Gasteiger partial charge in [-0.3, -0.25) is 4.79 Å². The summed E-state index contributed by atoms with van der Waals surface area (Å²) in [5, 5.41) is 0.0157. The molecule has 0 bridgehead atoms. The maximum atomic E-state index is 13.3. The van der Waals surface area contributed by atoms with Crippen LogP contribution in [-0.4, -0.2) is 16.6 Å². The molecule has 1 heterocycles. The van der Waals surface area contributed by atoms with Crippen LogP contribution >= 0.6 is 11.8 Å². The van der Waals surface area contributed by atoms with Crippen LogP contribution in [0.2, 0.25) is 0 Å². The fraction of sp³-hybridized carbons (Fsp3) is 0.235. The molecule has 1 aliphatic heterocycles. The fourth-order valence-corrected chi connectivity index (χ4v) is 3.86. The number of carbonyl (C=O) groups is 1. The summed E-state index contributed by atoms with van der Waals surface area (Å²) in [6.07, 6.45) is 0. The Labute approximate surface area is 128 Å². The first-order chi connectivity index (χ1) is 10.1. The summed E-state index contributed by atoms with van der Waals surface area (Å²) in [5.74, 6) is 0.325. The van der Waals surface area contributed by atoms with E-state index in [0.29, 0.717) is 12.3 Å². The number of rotatable bonds is 3. The molecule has 21 heavy (non-hydrogen) atoms. The van der Waals surface area contributed by atoms with Crippen molar-refractivity contribution in [3.63, 3.8) is 0 Å². The lowest BCUT2D eigenvalue weighted by atomic mass is 10.1. The molecule has 0 aliphatic carbocycles. The van der Waals surface area contributed by atoms with Gasteiger partial charge in [-0.05, 0) is 35.7 Å². The van der Waals surface area contributed by atoms with Gasteiger partial charge in [-0.25, -0.2) is 4.39 Å². The summed E-state index contributed by atoms with van der Waals surface area (Å²) in [5.41, 5.74) is 3.16. The lowest BCUT2D eigenvalue weighted by molar-refractivity contribution is -0.128. The van der Waals surface area contributed by atoms with Crippen LogP contribution in [0.15, 0.2) is 48.5 Å². The van der Waals surface area contributed by atoms with Crippen LogP contribution in [0.4, 0.5) is 4.39 Å². The molecular weight excluding hydrogens is 285 g/mol. The first-order valence-corrected chi connectivity index (χ1v) is 7.91. The van der Waals surface area contributed by atoms with E-state index >= 15 is 0 Å². The number of nitrogens with zero attached hydrogens (tertiary/aromatic N) is 1. The van der Waals surface area contributed by atoms with E-state index in [1.807, 2.05) is 23.1 Å². The molecule has 1 fully saturated rings. The average molecular weight is 301 g/mol. The highest BCUT2D eigenvalue weighted by Crippen LogP contribution is 2.40. The van der Waals surface area contributed by atoms with Gasteiger partial charge in [-0.15, -0.1) is 11.8 Å². The SMILES string of the molecule is Cc1ccccc1C1SCC(=O)N1Cc1cccc(F)c1. The minimum Gasteiger partial charge on any atom is -0.321 e. The number of aryl methyl sites for hydroxylation is 1. The molecule has 2 aromatic rings. The summed E-state index contributed by atoms with van der Waals surface area (Å²) < 4.78 is 13.3. The van der Waals surface area contributed by atoms with Crippen LogP contribution in [0.5, 0.6) is 0 Å². The first-order valence-electron chi connectivity index (χ1n) is 6.86. The Hall–Kier alpha value is -1.81. The van der Waals surface area contributed by atoms with Gasteiger partial charge in [0.25, 0.3) is 0 Å². The number of thioether (sulfide) groups is 1. The lowest BCUT2D eigenvalue weighted by Crippen LogP contribution is -2.28.